The van der Waals surface area contributed by atoms with E-state index in [-0.39, 0.29) is 24.7 Å². The lowest BCUT2D eigenvalue weighted by molar-refractivity contribution is -0.145. The molecule has 2 aromatic heterocycles. The molecule has 0 N–H and O–H groups in total. The molecule has 1 amide bonds. The minimum Gasteiger partial charge on any atom is -0.467 e. The van der Waals surface area contributed by atoms with Gasteiger partial charge in [-0.3, -0.25) is 4.79 Å². The van der Waals surface area contributed by atoms with E-state index in [0.29, 0.717) is 19.0 Å². The van der Waals surface area contributed by atoms with E-state index in [1.54, 1.807) is 4.90 Å². The summed E-state index contributed by atoms with van der Waals surface area (Å²) in [5.74, 6) is 0.419. The maximum atomic E-state index is 12.2. The summed E-state index contributed by atoms with van der Waals surface area (Å²) in [7, 11) is 0. The fourth-order valence-electron chi connectivity index (χ4n) is 2.49. The highest BCUT2D eigenvalue weighted by atomic mass is 32.1. The second-order valence-electron chi connectivity index (χ2n) is 5.16. The van der Waals surface area contributed by atoms with Crippen LogP contribution in [0.1, 0.15) is 13.8 Å². The highest BCUT2D eigenvalue weighted by molar-refractivity contribution is 7.16. The van der Waals surface area contributed by atoms with Gasteiger partial charge in [-0.25, -0.2) is 9.97 Å². The number of rotatable bonds is 3. The van der Waals surface area contributed by atoms with Crippen molar-refractivity contribution in [2.45, 2.75) is 26.1 Å². The molecular formula is C14H17N3O3S. The summed E-state index contributed by atoms with van der Waals surface area (Å²) in [4.78, 5) is 23.1. The summed E-state index contributed by atoms with van der Waals surface area (Å²) in [6.45, 7) is 5.13. The van der Waals surface area contributed by atoms with Crippen molar-refractivity contribution in [3.8, 4) is 5.88 Å². The Balaban J connectivity index is 1.64. The van der Waals surface area contributed by atoms with E-state index >= 15 is 0 Å². The van der Waals surface area contributed by atoms with E-state index in [2.05, 4.69) is 9.97 Å². The number of hydrogen-bond acceptors (Lipinski definition) is 6. The average molecular weight is 307 g/mol. The van der Waals surface area contributed by atoms with Crippen LogP contribution in [-0.2, 0) is 9.53 Å². The molecule has 2 unspecified atom stereocenters. The first kappa shape index (κ1) is 14.2. The molecule has 1 fully saturated rings. The van der Waals surface area contributed by atoms with Gasteiger partial charge in [0, 0.05) is 13.1 Å². The van der Waals surface area contributed by atoms with Crippen LogP contribution < -0.4 is 4.74 Å². The van der Waals surface area contributed by atoms with E-state index in [4.69, 9.17) is 9.47 Å². The monoisotopic (exact) mass is 307 g/mol. The number of amides is 1. The summed E-state index contributed by atoms with van der Waals surface area (Å²) >= 11 is 1.52. The van der Waals surface area contributed by atoms with Crippen LogP contribution in [0.25, 0.3) is 10.2 Å². The molecule has 6 nitrogen and oxygen atoms in total. The largest absolute Gasteiger partial charge is 0.467 e. The molecule has 0 radical (unpaired) electrons. The molecule has 0 bridgehead atoms. The van der Waals surface area contributed by atoms with E-state index in [1.165, 1.54) is 17.7 Å². The van der Waals surface area contributed by atoms with E-state index in [9.17, 15) is 4.79 Å². The molecule has 3 heterocycles. The van der Waals surface area contributed by atoms with E-state index in [1.807, 2.05) is 25.3 Å². The van der Waals surface area contributed by atoms with Crippen LogP contribution in [0.2, 0.25) is 0 Å². The zero-order chi connectivity index (χ0) is 14.8. The second kappa shape index (κ2) is 5.95. The molecule has 21 heavy (non-hydrogen) atoms. The summed E-state index contributed by atoms with van der Waals surface area (Å²) in [6.07, 6.45) is 1.57. The number of nitrogens with zero attached hydrogens (tertiary/aromatic N) is 3. The van der Waals surface area contributed by atoms with Gasteiger partial charge in [-0.15, -0.1) is 11.3 Å². The molecule has 7 heteroatoms. The van der Waals surface area contributed by atoms with Gasteiger partial charge in [0.05, 0.1) is 17.6 Å². The van der Waals surface area contributed by atoms with Gasteiger partial charge in [0.15, 0.2) is 6.61 Å². The van der Waals surface area contributed by atoms with E-state index in [0.717, 1.165) is 10.2 Å². The SMILES string of the molecule is CC1CN(C(=O)COc2ncnc3sccc23)CC(C)O1. The zero-order valence-electron chi connectivity index (χ0n) is 12.0. The van der Waals surface area contributed by atoms with Crippen molar-refractivity contribution in [3.05, 3.63) is 17.8 Å². The molecular weight excluding hydrogens is 290 g/mol. The van der Waals surface area contributed by atoms with Gasteiger partial charge in [-0.1, -0.05) is 0 Å². The molecule has 0 aliphatic carbocycles. The summed E-state index contributed by atoms with van der Waals surface area (Å²) < 4.78 is 11.2. The minimum atomic E-state index is -0.0426. The summed E-state index contributed by atoms with van der Waals surface area (Å²) in [5, 5.41) is 2.78. The zero-order valence-corrected chi connectivity index (χ0v) is 12.8. The number of carbonyl (C=O) groups is 1. The topological polar surface area (TPSA) is 64.6 Å². The van der Waals surface area contributed by atoms with Crippen molar-refractivity contribution in [1.82, 2.24) is 14.9 Å². The van der Waals surface area contributed by atoms with Crippen molar-refractivity contribution < 1.29 is 14.3 Å². The molecule has 112 valence electrons. The Morgan fingerprint density at radius 3 is 2.95 bits per heavy atom. The highest BCUT2D eigenvalue weighted by Gasteiger charge is 2.26. The van der Waals surface area contributed by atoms with Crippen LogP contribution in [-0.4, -0.2) is 52.7 Å². The normalized spacial score (nSPS) is 22.5. The van der Waals surface area contributed by atoms with Crippen LogP contribution in [0, 0.1) is 0 Å². The fourth-order valence-corrected chi connectivity index (χ4v) is 3.21. The number of carbonyl (C=O) groups excluding carboxylic acids is 1. The van der Waals surface area contributed by atoms with Gasteiger partial charge in [-0.2, -0.15) is 0 Å². The van der Waals surface area contributed by atoms with Crippen LogP contribution in [0.5, 0.6) is 5.88 Å². The van der Waals surface area contributed by atoms with Crippen LogP contribution in [0.3, 0.4) is 0 Å². The standard InChI is InChI=1S/C14H17N3O3S/c1-9-5-17(6-10(2)20-9)12(18)7-19-13-11-3-4-21-14(11)16-8-15-13/h3-4,8-10H,5-7H2,1-2H3. The molecule has 1 aliphatic rings. The van der Waals surface area contributed by atoms with Gasteiger partial charge < -0.3 is 14.4 Å². The van der Waals surface area contributed by atoms with Crippen molar-refractivity contribution in [3.63, 3.8) is 0 Å². The highest BCUT2D eigenvalue weighted by Crippen LogP contribution is 2.25. The predicted molar refractivity (Wildman–Crippen MR) is 79.5 cm³/mol. The van der Waals surface area contributed by atoms with Gasteiger partial charge in [0.25, 0.3) is 5.91 Å². The Morgan fingerprint density at radius 2 is 2.19 bits per heavy atom. The molecule has 2 aromatic rings. The van der Waals surface area contributed by atoms with E-state index < -0.39 is 0 Å². The lowest BCUT2D eigenvalue weighted by atomic mass is 10.2. The molecule has 2 atom stereocenters. The van der Waals surface area contributed by atoms with Crippen LogP contribution in [0.15, 0.2) is 17.8 Å². The van der Waals surface area contributed by atoms with Gasteiger partial charge >= 0.3 is 0 Å². The second-order valence-corrected chi connectivity index (χ2v) is 6.06. The Labute approximate surface area is 126 Å². The Kier molecular flexibility index (Phi) is 4.03. The lowest BCUT2D eigenvalue weighted by Gasteiger charge is -2.35. The summed E-state index contributed by atoms with van der Waals surface area (Å²) in [5.41, 5.74) is 0. The predicted octanol–water partition coefficient (Wildman–Crippen LogP) is 1.71. The summed E-state index contributed by atoms with van der Waals surface area (Å²) in [6, 6.07) is 1.90. The first-order chi connectivity index (χ1) is 10.1. The quantitative estimate of drug-likeness (QED) is 0.863. The number of morpholine rings is 1. The molecule has 3 rings (SSSR count). The smallest absolute Gasteiger partial charge is 0.260 e. The number of ether oxygens (including phenoxy) is 2. The maximum Gasteiger partial charge on any atom is 0.260 e. The van der Waals surface area contributed by atoms with Crippen molar-refractivity contribution in [2.75, 3.05) is 19.7 Å². The van der Waals surface area contributed by atoms with Crippen molar-refractivity contribution in [2.24, 2.45) is 0 Å². The fraction of sp³-hybridized carbons (Fsp3) is 0.500. The minimum absolute atomic E-state index is 0.0125. The molecule has 0 aromatic carbocycles. The Bertz CT molecular complexity index is 635. The third-order valence-corrected chi connectivity index (χ3v) is 4.15. The Hall–Kier alpha value is -1.73. The number of hydrogen-bond donors (Lipinski definition) is 0. The van der Waals surface area contributed by atoms with Crippen LogP contribution in [0.4, 0.5) is 0 Å². The van der Waals surface area contributed by atoms with Gasteiger partial charge in [0.1, 0.15) is 11.2 Å². The number of fused-ring (bicyclic) bond motifs is 1. The van der Waals surface area contributed by atoms with Crippen molar-refractivity contribution >= 4 is 27.5 Å². The third-order valence-electron chi connectivity index (χ3n) is 3.33. The number of thiophene rings is 1. The maximum absolute atomic E-state index is 12.2. The lowest BCUT2D eigenvalue weighted by Crippen LogP contribution is -2.49. The third kappa shape index (κ3) is 3.14. The first-order valence-corrected chi connectivity index (χ1v) is 7.75. The van der Waals surface area contributed by atoms with Crippen LogP contribution >= 0.6 is 11.3 Å². The van der Waals surface area contributed by atoms with Gasteiger partial charge in [-0.05, 0) is 25.3 Å². The Morgan fingerprint density at radius 1 is 1.43 bits per heavy atom. The molecule has 0 saturated carbocycles. The molecule has 1 aliphatic heterocycles. The van der Waals surface area contributed by atoms with Gasteiger partial charge in [0.2, 0.25) is 5.88 Å². The number of aromatic nitrogens is 2. The molecule has 1 saturated heterocycles. The van der Waals surface area contributed by atoms with Crippen molar-refractivity contribution in [1.29, 1.82) is 0 Å². The average Bonchev–Trinajstić information content (AvgIpc) is 2.92. The molecule has 0 spiro atoms. The first-order valence-electron chi connectivity index (χ1n) is 6.87.